The van der Waals surface area contributed by atoms with Crippen LogP contribution in [0.5, 0.6) is 5.75 Å². The maximum atomic E-state index is 14.5. The second kappa shape index (κ2) is 7.54. The van der Waals surface area contributed by atoms with Crippen molar-refractivity contribution in [1.29, 1.82) is 0 Å². The predicted octanol–water partition coefficient (Wildman–Crippen LogP) is 4.91. The molecule has 1 aliphatic carbocycles. The zero-order valence-corrected chi connectivity index (χ0v) is 14.6. The lowest BCUT2D eigenvalue weighted by atomic mass is 9.76. The van der Waals surface area contributed by atoms with Gasteiger partial charge in [0.05, 0.1) is 6.61 Å². The smallest absolute Gasteiger partial charge is 0.341 e. The summed E-state index contributed by atoms with van der Waals surface area (Å²) in [7, 11) is 0. The van der Waals surface area contributed by atoms with Gasteiger partial charge < -0.3 is 9.47 Å². The molecule has 1 atom stereocenters. The average molecular weight is 334 g/mol. The predicted molar refractivity (Wildman–Crippen MR) is 90.8 cm³/mol. The molecule has 132 valence electrons. The largest absolute Gasteiger partial charge is 0.491 e. The summed E-state index contributed by atoms with van der Waals surface area (Å²) < 4.78 is 25.3. The van der Waals surface area contributed by atoms with Crippen molar-refractivity contribution in [2.45, 2.75) is 64.9 Å². The van der Waals surface area contributed by atoms with E-state index in [9.17, 15) is 9.18 Å². The van der Waals surface area contributed by atoms with Crippen LogP contribution in [0.1, 0.15) is 68.3 Å². The molecule has 3 nitrogen and oxygen atoms in total. The second-order valence-corrected chi connectivity index (χ2v) is 7.06. The highest BCUT2D eigenvalue weighted by Gasteiger charge is 2.36. The molecule has 0 N–H and O–H groups in total. The van der Waals surface area contributed by atoms with Crippen molar-refractivity contribution in [2.75, 3.05) is 6.61 Å². The van der Waals surface area contributed by atoms with Crippen LogP contribution in [0.4, 0.5) is 4.39 Å². The molecule has 0 amide bonds. The number of fused-ring (bicyclic) bond motifs is 1. The van der Waals surface area contributed by atoms with Crippen LogP contribution in [-0.2, 0) is 11.2 Å². The fourth-order valence-corrected chi connectivity index (χ4v) is 4.23. The Morgan fingerprint density at radius 2 is 1.96 bits per heavy atom. The Morgan fingerprint density at radius 1 is 1.21 bits per heavy atom. The fourth-order valence-electron chi connectivity index (χ4n) is 4.23. The van der Waals surface area contributed by atoms with Gasteiger partial charge >= 0.3 is 5.97 Å². The van der Waals surface area contributed by atoms with Gasteiger partial charge in [-0.15, -0.1) is 0 Å². The molecule has 4 heteroatoms. The number of hydrogen-bond donors (Lipinski definition) is 0. The van der Waals surface area contributed by atoms with E-state index in [0.29, 0.717) is 18.9 Å². The number of ether oxygens (including phenoxy) is 2. The first-order valence-corrected chi connectivity index (χ1v) is 9.29. The van der Waals surface area contributed by atoms with E-state index in [2.05, 4.69) is 6.92 Å². The quantitative estimate of drug-likeness (QED) is 0.718. The van der Waals surface area contributed by atoms with Gasteiger partial charge in [-0.2, -0.15) is 0 Å². The van der Waals surface area contributed by atoms with Crippen LogP contribution in [0.25, 0.3) is 0 Å². The summed E-state index contributed by atoms with van der Waals surface area (Å²) in [6.45, 7) is 4.40. The van der Waals surface area contributed by atoms with Gasteiger partial charge in [0, 0.05) is 6.42 Å². The molecule has 1 aromatic rings. The molecule has 3 rings (SSSR count). The summed E-state index contributed by atoms with van der Waals surface area (Å²) in [5, 5.41) is 0. The molecule has 24 heavy (non-hydrogen) atoms. The lowest BCUT2D eigenvalue weighted by Crippen LogP contribution is -2.36. The van der Waals surface area contributed by atoms with Crippen LogP contribution < -0.4 is 4.74 Å². The molecule has 0 radical (unpaired) electrons. The van der Waals surface area contributed by atoms with Gasteiger partial charge in [0.15, 0.2) is 11.6 Å². The third-order valence-corrected chi connectivity index (χ3v) is 5.49. The van der Waals surface area contributed by atoms with Crippen LogP contribution >= 0.6 is 0 Å². The fraction of sp³-hybridized carbons (Fsp3) is 0.650. The molecular weight excluding hydrogens is 307 g/mol. The SMILES string of the molecule is CCCC1CCC(C2Cc3ccc(OCC)c(F)c3C(=O)O2)CC1. The van der Waals surface area contributed by atoms with Crippen LogP contribution in [0.3, 0.4) is 0 Å². The van der Waals surface area contributed by atoms with Crippen molar-refractivity contribution in [1.82, 2.24) is 0 Å². The highest BCUT2D eigenvalue weighted by atomic mass is 19.1. The number of cyclic esters (lactones) is 1. The van der Waals surface area contributed by atoms with Gasteiger partial charge in [0.2, 0.25) is 0 Å². The normalized spacial score (nSPS) is 26.6. The third kappa shape index (κ3) is 3.42. The van der Waals surface area contributed by atoms with Crippen LogP contribution in [-0.4, -0.2) is 18.7 Å². The maximum absolute atomic E-state index is 14.5. The zero-order valence-electron chi connectivity index (χ0n) is 14.6. The lowest BCUT2D eigenvalue weighted by molar-refractivity contribution is -0.00101. The molecule has 1 unspecified atom stereocenters. The number of rotatable bonds is 5. The Kier molecular flexibility index (Phi) is 5.42. The van der Waals surface area contributed by atoms with Crippen molar-refractivity contribution in [3.05, 3.63) is 29.1 Å². The van der Waals surface area contributed by atoms with E-state index < -0.39 is 11.8 Å². The van der Waals surface area contributed by atoms with Gasteiger partial charge in [-0.3, -0.25) is 0 Å². The minimum Gasteiger partial charge on any atom is -0.491 e. The first-order valence-electron chi connectivity index (χ1n) is 9.29. The Labute approximate surface area is 143 Å². The minimum absolute atomic E-state index is 0.0665. The molecule has 2 aliphatic rings. The maximum Gasteiger partial charge on any atom is 0.341 e. The first-order chi connectivity index (χ1) is 11.6. The van der Waals surface area contributed by atoms with Gasteiger partial charge in [-0.1, -0.05) is 38.7 Å². The molecule has 0 spiro atoms. The zero-order chi connectivity index (χ0) is 17.1. The number of halogens is 1. The number of benzene rings is 1. The molecule has 1 aliphatic heterocycles. The Bertz CT molecular complexity index is 591. The van der Waals surface area contributed by atoms with Crippen molar-refractivity contribution >= 4 is 5.97 Å². The third-order valence-electron chi connectivity index (χ3n) is 5.49. The second-order valence-electron chi connectivity index (χ2n) is 7.06. The highest BCUT2D eigenvalue weighted by Crippen LogP contribution is 2.38. The van der Waals surface area contributed by atoms with E-state index in [1.807, 2.05) is 6.07 Å². The van der Waals surface area contributed by atoms with Crippen LogP contribution in [0, 0.1) is 17.7 Å². The van der Waals surface area contributed by atoms with Gasteiger partial charge in [0.25, 0.3) is 0 Å². The van der Waals surface area contributed by atoms with E-state index in [0.717, 1.165) is 24.3 Å². The van der Waals surface area contributed by atoms with Crippen molar-refractivity contribution < 1.29 is 18.7 Å². The molecule has 1 fully saturated rings. The highest BCUT2D eigenvalue weighted by molar-refractivity contribution is 5.93. The van der Waals surface area contributed by atoms with Crippen LogP contribution in [0.2, 0.25) is 0 Å². The summed E-state index contributed by atoms with van der Waals surface area (Å²) >= 11 is 0. The molecule has 0 aromatic heterocycles. The average Bonchev–Trinajstić information content (AvgIpc) is 2.58. The molecule has 1 heterocycles. The molecule has 1 saturated carbocycles. The standard InChI is InChI=1S/C20H27FO3/c1-3-5-13-6-8-14(9-7-13)17-12-15-10-11-16(23-4-2)19(21)18(15)20(22)24-17/h10-11,13-14,17H,3-9,12H2,1-2H3. The lowest BCUT2D eigenvalue weighted by Gasteiger charge is -2.36. The Hall–Kier alpha value is -1.58. The van der Waals surface area contributed by atoms with Gasteiger partial charge in [-0.25, -0.2) is 9.18 Å². The summed E-state index contributed by atoms with van der Waals surface area (Å²) in [4.78, 5) is 12.4. The molecule has 0 saturated heterocycles. The van der Waals surface area contributed by atoms with Crippen molar-refractivity contribution in [2.24, 2.45) is 11.8 Å². The molecular formula is C20H27FO3. The van der Waals surface area contributed by atoms with E-state index in [-0.39, 0.29) is 17.4 Å². The van der Waals surface area contributed by atoms with E-state index in [1.54, 1.807) is 13.0 Å². The summed E-state index contributed by atoms with van der Waals surface area (Å²) in [5.74, 6) is 0.251. The minimum atomic E-state index is -0.579. The number of carbonyl (C=O) groups excluding carboxylic acids is 1. The van der Waals surface area contributed by atoms with E-state index in [1.165, 1.54) is 25.7 Å². The Balaban J connectivity index is 1.71. The first kappa shape index (κ1) is 17.2. The summed E-state index contributed by atoms with van der Waals surface area (Å²) in [6, 6.07) is 3.45. The molecule has 1 aromatic carbocycles. The van der Waals surface area contributed by atoms with Crippen molar-refractivity contribution in [3.8, 4) is 5.75 Å². The number of carbonyl (C=O) groups is 1. The van der Waals surface area contributed by atoms with Crippen LogP contribution in [0.15, 0.2) is 12.1 Å². The number of hydrogen-bond acceptors (Lipinski definition) is 3. The number of esters is 1. The Morgan fingerprint density at radius 3 is 2.62 bits per heavy atom. The van der Waals surface area contributed by atoms with Gasteiger partial charge in [0.1, 0.15) is 11.7 Å². The van der Waals surface area contributed by atoms with E-state index in [4.69, 9.17) is 9.47 Å². The molecule has 0 bridgehead atoms. The van der Waals surface area contributed by atoms with E-state index >= 15 is 0 Å². The van der Waals surface area contributed by atoms with Gasteiger partial charge in [-0.05, 0) is 43.2 Å². The summed E-state index contributed by atoms with van der Waals surface area (Å²) in [6.07, 6.45) is 7.70. The summed E-state index contributed by atoms with van der Waals surface area (Å²) in [5.41, 5.74) is 0.824. The monoisotopic (exact) mass is 334 g/mol. The topological polar surface area (TPSA) is 35.5 Å². The van der Waals surface area contributed by atoms with Crippen molar-refractivity contribution in [3.63, 3.8) is 0 Å².